The fraction of sp³-hybridized carbons (Fsp3) is 0.667. The standard InChI is InChI=1S/C12H18N2O4S2/c1-12(2)4-6-14(7-5-12)20(16,17)11-9(10(15)18-3)13-8-19-11/h8H,4-7H2,1-3H3. The van der Waals surface area contributed by atoms with Crippen LogP contribution in [-0.4, -0.2) is 43.9 Å². The van der Waals surface area contributed by atoms with Gasteiger partial charge in [0.1, 0.15) is 0 Å². The van der Waals surface area contributed by atoms with Crippen LogP contribution >= 0.6 is 11.3 Å². The second kappa shape index (κ2) is 5.42. The monoisotopic (exact) mass is 318 g/mol. The summed E-state index contributed by atoms with van der Waals surface area (Å²) in [6, 6.07) is 0. The number of carbonyl (C=O) groups is 1. The van der Waals surface area contributed by atoms with Gasteiger partial charge in [-0.3, -0.25) is 0 Å². The number of hydrogen-bond acceptors (Lipinski definition) is 6. The number of esters is 1. The normalized spacial score (nSPS) is 19.8. The van der Waals surface area contributed by atoms with Gasteiger partial charge in [0.05, 0.1) is 12.6 Å². The van der Waals surface area contributed by atoms with Gasteiger partial charge in [-0.2, -0.15) is 4.31 Å². The molecular formula is C12H18N2O4S2. The largest absolute Gasteiger partial charge is 0.464 e. The summed E-state index contributed by atoms with van der Waals surface area (Å²) in [5.74, 6) is -0.720. The molecule has 0 unspecified atom stereocenters. The lowest BCUT2D eigenvalue weighted by Gasteiger charge is -2.35. The lowest BCUT2D eigenvalue weighted by Crippen LogP contribution is -2.41. The summed E-state index contributed by atoms with van der Waals surface area (Å²) in [4.78, 5) is 15.4. The van der Waals surface area contributed by atoms with Crippen molar-refractivity contribution in [1.82, 2.24) is 9.29 Å². The number of thiazole rings is 1. The number of hydrogen-bond donors (Lipinski definition) is 0. The van der Waals surface area contributed by atoms with Gasteiger partial charge in [0.25, 0.3) is 10.0 Å². The molecule has 8 heteroatoms. The molecule has 0 radical (unpaired) electrons. The van der Waals surface area contributed by atoms with Crippen LogP contribution in [0.5, 0.6) is 0 Å². The first-order chi connectivity index (χ1) is 9.28. The summed E-state index contributed by atoms with van der Waals surface area (Å²) in [6.45, 7) is 5.19. The summed E-state index contributed by atoms with van der Waals surface area (Å²) in [5, 5.41) is 0. The van der Waals surface area contributed by atoms with Gasteiger partial charge >= 0.3 is 5.97 Å². The van der Waals surface area contributed by atoms with Crippen molar-refractivity contribution in [3.63, 3.8) is 0 Å². The maximum absolute atomic E-state index is 12.6. The van der Waals surface area contributed by atoms with Gasteiger partial charge < -0.3 is 4.74 Å². The van der Waals surface area contributed by atoms with E-state index in [0.717, 1.165) is 24.2 Å². The van der Waals surface area contributed by atoms with Gasteiger partial charge in [-0.05, 0) is 18.3 Å². The third-order valence-electron chi connectivity index (χ3n) is 3.56. The summed E-state index contributed by atoms with van der Waals surface area (Å²) in [7, 11) is -2.46. The molecule has 0 amide bonds. The molecule has 0 spiro atoms. The van der Waals surface area contributed by atoms with Gasteiger partial charge in [-0.25, -0.2) is 18.2 Å². The van der Waals surface area contributed by atoms with Gasteiger partial charge in [0.2, 0.25) is 0 Å². The van der Waals surface area contributed by atoms with Gasteiger partial charge in [0.15, 0.2) is 9.90 Å². The Bertz CT molecular complexity index is 597. The van der Waals surface area contributed by atoms with Crippen molar-refractivity contribution < 1.29 is 17.9 Å². The molecule has 112 valence electrons. The predicted octanol–water partition coefficient (Wildman–Crippen LogP) is 1.74. The molecule has 2 rings (SSSR count). The van der Waals surface area contributed by atoms with Crippen LogP contribution in [0.4, 0.5) is 0 Å². The zero-order chi connectivity index (χ0) is 15.0. The number of carbonyl (C=O) groups excluding carboxylic acids is 1. The maximum Gasteiger partial charge on any atom is 0.358 e. The molecule has 2 heterocycles. The van der Waals surface area contributed by atoms with E-state index in [-0.39, 0.29) is 15.3 Å². The SMILES string of the molecule is COC(=O)c1ncsc1S(=O)(=O)N1CCC(C)(C)CC1. The van der Waals surface area contributed by atoms with Crippen molar-refractivity contribution >= 4 is 27.3 Å². The Kier molecular flexibility index (Phi) is 4.17. The highest BCUT2D eigenvalue weighted by atomic mass is 32.2. The minimum absolute atomic E-state index is 0.0240. The fourth-order valence-electron chi connectivity index (χ4n) is 2.10. The third kappa shape index (κ3) is 2.87. The molecule has 0 aliphatic carbocycles. The summed E-state index contributed by atoms with van der Waals surface area (Å²) in [6.07, 6.45) is 1.61. The lowest BCUT2D eigenvalue weighted by atomic mass is 9.83. The molecule has 1 aliphatic rings. The average molecular weight is 318 g/mol. The lowest BCUT2D eigenvalue weighted by molar-refractivity contribution is 0.0590. The molecule has 1 saturated heterocycles. The molecule has 6 nitrogen and oxygen atoms in total. The summed E-state index contributed by atoms with van der Waals surface area (Å²) < 4.78 is 31.2. The first-order valence-corrected chi connectivity index (χ1v) is 8.62. The zero-order valence-electron chi connectivity index (χ0n) is 11.7. The molecule has 0 N–H and O–H groups in total. The molecule has 1 aliphatic heterocycles. The Labute approximate surface area is 122 Å². The summed E-state index contributed by atoms with van der Waals surface area (Å²) >= 11 is 0.952. The van der Waals surface area contributed by atoms with Gasteiger partial charge in [0, 0.05) is 13.1 Å². The van der Waals surface area contributed by atoms with Crippen molar-refractivity contribution in [1.29, 1.82) is 0 Å². The van der Waals surface area contributed by atoms with Gasteiger partial charge in [-0.15, -0.1) is 11.3 Å². The highest BCUT2D eigenvalue weighted by Crippen LogP contribution is 2.33. The number of methoxy groups -OCH3 is 1. The Morgan fingerprint density at radius 1 is 1.40 bits per heavy atom. The Morgan fingerprint density at radius 3 is 2.55 bits per heavy atom. The van der Waals surface area contributed by atoms with Crippen LogP contribution in [0.2, 0.25) is 0 Å². The Balaban J connectivity index is 2.28. The maximum atomic E-state index is 12.6. The fourth-order valence-corrected chi connectivity index (χ4v) is 4.81. The van der Waals surface area contributed by atoms with E-state index in [1.807, 2.05) is 0 Å². The van der Waals surface area contributed by atoms with E-state index in [1.54, 1.807) is 0 Å². The third-order valence-corrected chi connectivity index (χ3v) is 6.81. The van der Waals surface area contributed by atoms with Crippen molar-refractivity contribution in [2.75, 3.05) is 20.2 Å². The Morgan fingerprint density at radius 2 is 2.00 bits per heavy atom. The molecule has 0 saturated carbocycles. The number of ether oxygens (including phenoxy) is 1. The predicted molar refractivity (Wildman–Crippen MR) is 75.2 cm³/mol. The minimum atomic E-state index is -3.67. The number of sulfonamides is 1. The molecule has 20 heavy (non-hydrogen) atoms. The number of rotatable bonds is 3. The number of piperidine rings is 1. The number of aromatic nitrogens is 1. The topological polar surface area (TPSA) is 76.6 Å². The van der Waals surface area contributed by atoms with E-state index >= 15 is 0 Å². The van der Waals surface area contributed by atoms with Crippen LogP contribution in [0.1, 0.15) is 37.2 Å². The van der Waals surface area contributed by atoms with Crippen LogP contribution in [0.3, 0.4) is 0 Å². The van der Waals surface area contributed by atoms with E-state index in [1.165, 1.54) is 16.9 Å². The van der Waals surface area contributed by atoms with Crippen molar-refractivity contribution in [3.8, 4) is 0 Å². The van der Waals surface area contributed by atoms with Crippen LogP contribution in [-0.2, 0) is 14.8 Å². The first kappa shape index (κ1) is 15.4. The molecule has 1 fully saturated rings. The van der Waals surface area contributed by atoms with Gasteiger partial charge in [-0.1, -0.05) is 13.8 Å². The van der Waals surface area contributed by atoms with Crippen LogP contribution in [0.25, 0.3) is 0 Å². The minimum Gasteiger partial charge on any atom is -0.464 e. The number of nitrogens with zero attached hydrogens (tertiary/aromatic N) is 2. The molecule has 1 aromatic rings. The van der Waals surface area contributed by atoms with Crippen molar-refractivity contribution in [3.05, 3.63) is 11.2 Å². The van der Waals surface area contributed by atoms with E-state index in [2.05, 4.69) is 23.6 Å². The first-order valence-electron chi connectivity index (χ1n) is 6.30. The second-order valence-corrected chi connectivity index (χ2v) is 8.54. The molecule has 0 aromatic carbocycles. The molecular weight excluding hydrogens is 300 g/mol. The average Bonchev–Trinajstić information content (AvgIpc) is 2.87. The van der Waals surface area contributed by atoms with E-state index in [4.69, 9.17) is 0 Å². The second-order valence-electron chi connectivity index (χ2n) is 5.55. The summed E-state index contributed by atoms with van der Waals surface area (Å²) in [5.41, 5.74) is 1.39. The van der Waals surface area contributed by atoms with E-state index in [9.17, 15) is 13.2 Å². The van der Waals surface area contributed by atoms with E-state index in [0.29, 0.717) is 13.1 Å². The quantitative estimate of drug-likeness (QED) is 0.793. The van der Waals surface area contributed by atoms with Crippen molar-refractivity contribution in [2.45, 2.75) is 30.9 Å². The highest BCUT2D eigenvalue weighted by molar-refractivity contribution is 7.91. The molecule has 0 atom stereocenters. The van der Waals surface area contributed by atoms with E-state index < -0.39 is 16.0 Å². The smallest absolute Gasteiger partial charge is 0.358 e. The van der Waals surface area contributed by atoms with Crippen LogP contribution in [0.15, 0.2) is 9.72 Å². The highest BCUT2D eigenvalue weighted by Gasteiger charge is 2.36. The van der Waals surface area contributed by atoms with Crippen LogP contribution in [0, 0.1) is 5.41 Å². The van der Waals surface area contributed by atoms with Crippen molar-refractivity contribution in [2.24, 2.45) is 5.41 Å². The zero-order valence-corrected chi connectivity index (χ0v) is 13.4. The molecule has 0 bridgehead atoms. The van der Waals surface area contributed by atoms with Crippen LogP contribution < -0.4 is 0 Å². The Hall–Kier alpha value is -0.990. The molecule has 1 aromatic heterocycles.